The molecule has 0 saturated carbocycles. The topological polar surface area (TPSA) is 59.7 Å². The van der Waals surface area contributed by atoms with Gasteiger partial charge in [0, 0.05) is 17.8 Å². The second-order valence-corrected chi connectivity index (χ2v) is 8.08. The Balaban J connectivity index is 1.62. The Bertz CT molecular complexity index is 980. The largest absolute Gasteiger partial charge is 0.497 e. The number of rotatable bonds is 4. The maximum absolute atomic E-state index is 12.1. The maximum atomic E-state index is 12.1. The van der Waals surface area contributed by atoms with Gasteiger partial charge in [-0.3, -0.25) is 9.69 Å². The Hall–Kier alpha value is -2.25. The lowest BCUT2D eigenvalue weighted by molar-refractivity contribution is 0.191. The zero-order chi connectivity index (χ0) is 18.8. The van der Waals surface area contributed by atoms with E-state index in [-0.39, 0.29) is 5.56 Å². The van der Waals surface area contributed by atoms with Crippen molar-refractivity contribution in [1.82, 2.24) is 19.5 Å². The fraction of sp³-hybridized carbons (Fsp3) is 0.450. The standard InChI is InChI=1S/C20H24N4O2S/c1-14-12-19(25)24-20(21-14)27-18(22-24)13-23-11-5-3-4-6-17(23)15-7-9-16(26-2)10-8-15/h7-10,12,17H,3-6,11,13H2,1-2H3/t17-/m1/s1. The van der Waals surface area contributed by atoms with Gasteiger partial charge >= 0.3 is 0 Å². The molecule has 0 spiro atoms. The van der Waals surface area contributed by atoms with Gasteiger partial charge in [-0.15, -0.1) is 0 Å². The van der Waals surface area contributed by atoms with Gasteiger partial charge in [-0.05, 0) is 44.0 Å². The van der Waals surface area contributed by atoms with Gasteiger partial charge in [0.2, 0.25) is 4.96 Å². The van der Waals surface area contributed by atoms with Crippen LogP contribution in [0.4, 0.5) is 0 Å². The Morgan fingerprint density at radius 3 is 2.81 bits per heavy atom. The van der Waals surface area contributed by atoms with E-state index in [4.69, 9.17) is 4.74 Å². The number of nitrogens with zero attached hydrogens (tertiary/aromatic N) is 4. The summed E-state index contributed by atoms with van der Waals surface area (Å²) in [6, 6.07) is 10.3. The Morgan fingerprint density at radius 2 is 2.04 bits per heavy atom. The molecule has 142 valence electrons. The van der Waals surface area contributed by atoms with Crippen molar-refractivity contribution >= 4 is 16.3 Å². The van der Waals surface area contributed by atoms with Crippen LogP contribution in [0.2, 0.25) is 0 Å². The minimum Gasteiger partial charge on any atom is -0.497 e. The van der Waals surface area contributed by atoms with E-state index in [1.54, 1.807) is 7.11 Å². The molecule has 0 aliphatic carbocycles. The third kappa shape index (κ3) is 3.89. The average molecular weight is 385 g/mol. The number of methoxy groups -OCH3 is 1. The molecule has 1 fully saturated rings. The number of aromatic nitrogens is 3. The number of hydrogen-bond donors (Lipinski definition) is 0. The predicted molar refractivity (Wildman–Crippen MR) is 106 cm³/mol. The highest BCUT2D eigenvalue weighted by Gasteiger charge is 2.24. The Kier molecular flexibility index (Phi) is 5.22. The molecule has 1 aliphatic heterocycles. The van der Waals surface area contributed by atoms with Crippen LogP contribution in [0.25, 0.3) is 4.96 Å². The summed E-state index contributed by atoms with van der Waals surface area (Å²) < 4.78 is 6.72. The van der Waals surface area contributed by atoms with Gasteiger partial charge in [0.05, 0.1) is 13.7 Å². The van der Waals surface area contributed by atoms with E-state index >= 15 is 0 Å². The zero-order valence-corrected chi connectivity index (χ0v) is 16.5. The molecule has 0 bridgehead atoms. The third-order valence-corrected chi connectivity index (χ3v) is 6.01. The van der Waals surface area contributed by atoms with Crippen LogP contribution >= 0.6 is 11.3 Å². The number of ether oxygens (including phenoxy) is 1. The molecule has 7 heteroatoms. The number of fused-ring (bicyclic) bond motifs is 1. The number of benzene rings is 1. The zero-order valence-electron chi connectivity index (χ0n) is 15.7. The third-order valence-electron chi connectivity index (χ3n) is 5.12. The minimum absolute atomic E-state index is 0.109. The lowest BCUT2D eigenvalue weighted by Gasteiger charge is -2.29. The van der Waals surface area contributed by atoms with Gasteiger partial charge in [-0.2, -0.15) is 9.61 Å². The summed E-state index contributed by atoms with van der Waals surface area (Å²) in [6.07, 6.45) is 4.81. The highest BCUT2D eigenvalue weighted by Crippen LogP contribution is 2.32. The summed E-state index contributed by atoms with van der Waals surface area (Å²) in [5.74, 6) is 0.880. The molecule has 0 radical (unpaired) electrons. The van der Waals surface area contributed by atoms with E-state index in [1.165, 1.54) is 46.7 Å². The van der Waals surface area contributed by atoms with Crippen molar-refractivity contribution in [3.05, 3.63) is 57.0 Å². The van der Waals surface area contributed by atoms with Crippen molar-refractivity contribution in [2.45, 2.75) is 45.2 Å². The van der Waals surface area contributed by atoms with Gasteiger partial charge in [-0.25, -0.2) is 4.98 Å². The molecule has 1 atom stereocenters. The number of likely N-dealkylation sites (tertiary alicyclic amines) is 1. The molecule has 6 nitrogen and oxygen atoms in total. The summed E-state index contributed by atoms with van der Waals surface area (Å²) in [4.78, 5) is 19.8. The fourth-order valence-electron chi connectivity index (χ4n) is 3.76. The number of aryl methyl sites for hydroxylation is 1. The van der Waals surface area contributed by atoms with E-state index < -0.39 is 0 Å². The summed E-state index contributed by atoms with van der Waals surface area (Å²) in [5.41, 5.74) is 1.94. The quantitative estimate of drug-likeness (QED) is 0.688. The normalized spacial score (nSPS) is 18.5. The van der Waals surface area contributed by atoms with Crippen LogP contribution in [0.3, 0.4) is 0 Å². The van der Waals surface area contributed by atoms with Crippen molar-refractivity contribution in [2.75, 3.05) is 13.7 Å². The molecule has 3 aromatic rings. The highest BCUT2D eigenvalue weighted by atomic mass is 32.1. The monoisotopic (exact) mass is 384 g/mol. The van der Waals surface area contributed by atoms with Crippen LogP contribution in [-0.2, 0) is 6.54 Å². The van der Waals surface area contributed by atoms with Crippen LogP contribution in [0.1, 0.15) is 48.0 Å². The molecule has 0 N–H and O–H groups in total. The lowest BCUT2D eigenvalue weighted by atomic mass is 10.0. The van der Waals surface area contributed by atoms with Crippen molar-refractivity contribution in [1.29, 1.82) is 0 Å². The maximum Gasteiger partial charge on any atom is 0.275 e. The molecule has 1 aliphatic rings. The van der Waals surface area contributed by atoms with Gasteiger partial charge < -0.3 is 4.74 Å². The summed E-state index contributed by atoms with van der Waals surface area (Å²) in [6.45, 7) is 3.62. The first-order valence-electron chi connectivity index (χ1n) is 9.38. The number of hydrogen-bond acceptors (Lipinski definition) is 6. The molecule has 0 amide bonds. The lowest BCUT2D eigenvalue weighted by Crippen LogP contribution is -2.28. The van der Waals surface area contributed by atoms with Crippen LogP contribution in [-0.4, -0.2) is 33.2 Å². The van der Waals surface area contributed by atoms with Crippen molar-refractivity contribution in [3.63, 3.8) is 0 Å². The van der Waals surface area contributed by atoms with Crippen molar-refractivity contribution < 1.29 is 4.74 Å². The highest BCUT2D eigenvalue weighted by molar-refractivity contribution is 7.16. The van der Waals surface area contributed by atoms with Crippen molar-refractivity contribution in [2.24, 2.45) is 0 Å². The summed E-state index contributed by atoms with van der Waals surface area (Å²) in [5, 5.41) is 5.47. The molecular formula is C20H24N4O2S. The Morgan fingerprint density at radius 1 is 1.22 bits per heavy atom. The van der Waals surface area contributed by atoms with E-state index in [9.17, 15) is 4.79 Å². The predicted octanol–water partition coefficient (Wildman–Crippen LogP) is 3.59. The molecule has 1 saturated heterocycles. The van der Waals surface area contributed by atoms with Crippen LogP contribution in [0.15, 0.2) is 35.1 Å². The second-order valence-electron chi connectivity index (χ2n) is 7.03. The first-order valence-corrected chi connectivity index (χ1v) is 10.2. The fourth-order valence-corrected chi connectivity index (χ4v) is 4.73. The van der Waals surface area contributed by atoms with Crippen LogP contribution in [0, 0.1) is 6.92 Å². The smallest absolute Gasteiger partial charge is 0.275 e. The van der Waals surface area contributed by atoms with E-state index in [0.717, 1.165) is 36.0 Å². The molecule has 2 aromatic heterocycles. The van der Waals surface area contributed by atoms with Gasteiger partial charge in [0.1, 0.15) is 10.8 Å². The van der Waals surface area contributed by atoms with Gasteiger partial charge in [0.15, 0.2) is 0 Å². The molecule has 1 aromatic carbocycles. The van der Waals surface area contributed by atoms with Gasteiger partial charge in [0.25, 0.3) is 5.56 Å². The van der Waals surface area contributed by atoms with Crippen molar-refractivity contribution in [3.8, 4) is 5.75 Å². The molecule has 0 unspecified atom stereocenters. The molecule has 27 heavy (non-hydrogen) atoms. The summed E-state index contributed by atoms with van der Waals surface area (Å²) >= 11 is 1.51. The van der Waals surface area contributed by atoms with E-state index in [2.05, 4.69) is 27.1 Å². The summed E-state index contributed by atoms with van der Waals surface area (Å²) in [7, 11) is 1.69. The molecule has 4 rings (SSSR count). The average Bonchev–Trinajstić information content (AvgIpc) is 2.92. The Labute approximate surface area is 162 Å². The first-order chi connectivity index (χ1) is 13.1. The van der Waals surface area contributed by atoms with E-state index in [0.29, 0.717) is 11.0 Å². The van der Waals surface area contributed by atoms with Gasteiger partial charge in [-0.1, -0.05) is 36.3 Å². The SMILES string of the molecule is COc1ccc([C@H]2CCCCCN2Cc2nn3c(=O)cc(C)nc3s2)cc1. The van der Waals surface area contributed by atoms with E-state index in [1.807, 2.05) is 19.1 Å². The first kappa shape index (κ1) is 18.1. The van der Waals surface area contributed by atoms with Crippen LogP contribution in [0.5, 0.6) is 5.75 Å². The van der Waals surface area contributed by atoms with Crippen LogP contribution < -0.4 is 10.3 Å². The molecule has 3 heterocycles. The second kappa shape index (κ2) is 7.78. The molecular weight excluding hydrogens is 360 g/mol. The minimum atomic E-state index is -0.109.